The highest BCUT2D eigenvalue weighted by molar-refractivity contribution is 7.99. The van der Waals surface area contributed by atoms with Gasteiger partial charge in [0.05, 0.1) is 11.8 Å². The molecule has 0 saturated heterocycles. The second kappa shape index (κ2) is 7.26. The van der Waals surface area contributed by atoms with E-state index in [2.05, 4.69) is 27.4 Å². The van der Waals surface area contributed by atoms with Gasteiger partial charge in [0, 0.05) is 26.5 Å². The predicted molar refractivity (Wildman–Crippen MR) is 80.7 cm³/mol. The summed E-state index contributed by atoms with van der Waals surface area (Å²) in [5, 5.41) is 11.5. The molecule has 0 aliphatic heterocycles. The lowest BCUT2D eigenvalue weighted by atomic mass is 10.1. The number of nitrogens with one attached hydrogen (secondary N) is 1. The van der Waals surface area contributed by atoms with Crippen LogP contribution in [0.15, 0.2) is 23.9 Å². The molecule has 2 aromatic rings. The van der Waals surface area contributed by atoms with Crippen molar-refractivity contribution in [3.8, 4) is 0 Å². The molecule has 0 saturated carbocycles. The van der Waals surface area contributed by atoms with Gasteiger partial charge >= 0.3 is 0 Å². The average molecular weight is 308 g/mol. The second-order valence-corrected chi connectivity index (χ2v) is 5.76. The molecule has 0 aliphatic carbocycles. The van der Waals surface area contributed by atoms with Gasteiger partial charge in [0.15, 0.2) is 5.16 Å². The second-order valence-electron chi connectivity index (χ2n) is 4.82. The first kappa shape index (κ1) is 15.6. The van der Waals surface area contributed by atoms with Gasteiger partial charge in [-0.2, -0.15) is 0 Å². The fourth-order valence-electron chi connectivity index (χ4n) is 2.04. The molecule has 0 bridgehead atoms. The number of aryl methyl sites for hydroxylation is 2. The van der Waals surface area contributed by atoms with E-state index in [1.165, 1.54) is 11.8 Å². The summed E-state index contributed by atoms with van der Waals surface area (Å²) in [7, 11) is 3.79. The van der Waals surface area contributed by atoms with Gasteiger partial charge in [-0.25, -0.2) is 4.98 Å². The number of carbonyl (C=O) groups is 1. The van der Waals surface area contributed by atoms with Gasteiger partial charge in [-0.3, -0.25) is 4.79 Å². The molecule has 1 N–H and O–H groups in total. The van der Waals surface area contributed by atoms with E-state index >= 15 is 0 Å². The number of rotatable bonds is 7. The Kier molecular flexibility index (Phi) is 5.38. The van der Waals surface area contributed by atoms with Crippen molar-refractivity contribution in [2.75, 3.05) is 5.75 Å². The summed E-state index contributed by atoms with van der Waals surface area (Å²) in [6.45, 7) is 2.09. The zero-order valence-electron chi connectivity index (χ0n) is 12.5. The molecule has 1 atom stereocenters. The Hall–Kier alpha value is -1.83. The van der Waals surface area contributed by atoms with Crippen LogP contribution in [0.4, 0.5) is 0 Å². The quantitative estimate of drug-likeness (QED) is 0.780. The average Bonchev–Trinajstić information content (AvgIpc) is 3.05. The third kappa shape index (κ3) is 4.07. The number of imidazole rings is 1. The van der Waals surface area contributed by atoms with Crippen LogP contribution in [-0.4, -0.2) is 36.0 Å². The van der Waals surface area contributed by atoms with Gasteiger partial charge in [-0.1, -0.05) is 25.1 Å². The summed E-state index contributed by atoms with van der Waals surface area (Å²) in [4.78, 5) is 16.4. The Labute approximate surface area is 128 Å². The maximum Gasteiger partial charge on any atom is 0.231 e. The summed E-state index contributed by atoms with van der Waals surface area (Å²) >= 11 is 1.37. The molecule has 1 amide bonds. The number of nitrogens with zero attached hydrogens (tertiary/aromatic N) is 5. The third-order valence-electron chi connectivity index (χ3n) is 3.08. The molecule has 0 spiro atoms. The monoisotopic (exact) mass is 308 g/mol. The maximum absolute atomic E-state index is 12.1. The summed E-state index contributed by atoms with van der Waals surface area (Å²) < 4.78 is 3.73. The lowest BCUT2D eigenvalue weighted by molar-refractivity contribution is -0.119. The Morgan fingerprint density at radius 1 is 1.43 bits per heavy atom. The summed E-state index contributed by atoms with van der Waals surface area (Å²) in [6, 6.07) is -0.0532. The summed E-state index contributed by atoms with van der Waals surface area (Å²) in [5.74, 6) is 1.18. The first-order chi connectivity index (χ1) is 10.1. The van der Waals surface area contributed by atoms with Crippen molar-refractivity contribution in [3.63, 3.8) is 0 Å². The number of thioether (sulfide) groups is 1. The van der Waals surface area contributed by atoms with Crippen LogP contribution in [0.2, 0.25) is 0 Å². The van der Waals surface area contributed by atoms with Crippen molar-refractivity contribution in [3.05, 3.63) is 24.5 Å². The third-order valence-corrected chi connectivity index (χ3v) is 4.12. The highest BCUT2D eigenvalue weighted by atomic mass is 32.2. The largest absolute Gasteiger partial charge is 0.345 e. The molecule has 2 aromatic heterocycles. The molecule has 7 nitrogen and oxygen atoms in total. The van der Waals surface area contributed by atoms with Crippen LogP contribution in [0.25, 0.3) is 0 Å². The molecular formula is C13H20N6OS. The molecule has 114 valence electrons. The van der Waals surface area contributed by atoms with E-state index < -0.39 is 0 Å². The van der Waals surface area contributed by atoms with Gasteiger partial charge in [0.25, 0.3) is 0 Å². The highest BCUT2D eigenvalue weighted by Crippen LogP contribution is 2.18. The first-order valence-corrected chi connectivity index (χ1v) is 7.83. The number of aromatic nitrogens is 5. The topological polar surface area (TPSA) is 77.6 Å². The SMILES string of the molecule is CCC[C@H](NC(=O)CSc1nncn1C)c1nccn1C. The fourth-order valence-corrected chi connectivity index (χ4v) is 2.74. The normalized spacial score (nSPS) is 12.3. The van der Waals surface area contributed by atoms with Crippen LogP contribution >= 0.6 is 11.8 Å². The zero-order valence-corrected chi connectivity index (χ0v) is 13.3. The van der Waals surface area contributed by atoms with Gasteiger partial charge < -0.3 is 14.5 Å². The van der Waals surface area contributed by atoms with E-state index in [0.717, 1.165) is 23.8 Å². The minimum Gasteiger partial charge on any atom is -0.345 e. The molecule has 0 fully saturated rings. The lowest BCUT2D eigenvalue weighted by Crippen LogP contribution is -2.31. The number of amides is 1. The van der Waals surface area contributed by atoms with Crippen molar-refractivity contribution in [1.29, 1.82) is 0 Å². The van der Waals surface area contributed by atoms with Crippen LogP contribution in [0.5, 0.6) is 0 Å². The van der Waals surface area contributed by atoms with Crippen molar-refractivity contribution in [2.24, 2.45) is 14.1 Å². The first-order valence-electron chi connectivity index (χ1n) is 6.85. The van der Waals surface area contributed by atoms with Crippen LogP contribution in [0.3, 0.4) is 0 Å². The predicted octanol–water partition coefficient (Wildman–Crippen LogP) is 1.30. The molecule has 2 rings (SSSR count). The van der Waals surface area contributed by atoms with Crippen LogP contribution in [-0.2, 0) is 18.9 Å². The van der Waals surface area contributed by atoms with Crippen molar-refractivity contribution >= 4 is 17.7 Å². The minimum atomic E-state index is -0.0532. The van der Waals surface area contributed by atoms with E-state index in [1.807, 2.05) is 24.9 Å². The van der Waals surface area contributed by atoms with Crippen LogP contribution in [0.1, 0.15) is 31.6 Å². The molecule has 21 heavy (non-hydrogen) atoms. The van der Waals surface area contributed by atoms with E-state index in [-0.39, 0.29) is 11.9 Å². The summed E-state index contributed by atoms with van der Waals surface area (Å²) in [6.07, 6.45) is 7.10. The van der Waals surface area contributed by atoms with E-state index in [4.69, 9.17) is 0 Å². The summed E-state index contributed by atoms with van der Waals surface area (Å²) in [5.41, 5.74) is 0. The molecular weight excluding hydrogens is 288 g/mol. The van der Waals surface area contributed by atoms with Crippen LogP contribution < -0.4 is 5.32 Å². The number of hydrogen-bond acceptors (Lipinski definition) is 5. The Bertz CT molecular complexity index is 593. The smallest absolute Gasteiger partial charge is 0.231 e. The van der Waals surface area contributed by atoms with Crippen molar-refractivity contribution < 1.29 is 4.79 Å². The molecule has 0 radical (unpaired) electrons. The maximum atomic E-state index is 12.1. The van der Waals surface area contributed by atoms with E-state index in [0.29, 0.717) is 5.75 Å². The van der Waals surface area contributed by atoms with Crippen molar-refractivity contribution in [2.45, 2.75) is 31.0 Å². The van der Waals surface area contributed by atoms with Gasteiger partial charge in [0.1, 0.15) is 12.2 Å². The molecule has 0 unspecified atom stereocenters. The Balaban J connectivity index is 1.93. The van der Waals surface area contributed by atoms with Crippen molar-refractivity contribution in [1.82, 2.24) is 29.6 Å². The molecule has 0 aromatic carbocycles. The number of carbonyl (C=O) groups excluding carboxylic acids is 1. The minimum absolute atomic E-state index is 0.0237. The van der Waals surface area contributed by atoms with E-state index in [1.54, 1.807) is 17.1 Å². The zero-order chi connectivity index (χ0) is 15.2. The van der Waals surface area contributed by atoms with Gasteiger partial charge in [-0.05, 0) is 6.42 Å². The Morgan fingerprint density at radius 2 is 2.24 bits per heavy atom. The molecule has 8 heteroatoms. The van der Waals surface area contributed by atoms with Gasteiger partial charge in [-0.15, -0.1) is 10.2 Å². The van der Waals surface area contributed by atoms with E-state index in [9.17, 15) is 4.79 Å². The lowest BCUT2D eigenvalue weighted by Gasteiger charge is -2.17. The van der Waals surface area contributed by atoms with Gasteiger partial charge in [0.2, 0.25) is 5.91 Å². The Morgan fingerprint density at radius 3 is 2.81 bits per heavy atom. The fraction of sp³-hybridized carbons (Fsp3) is 0.538. The van der Waals surface area contributed by atoms with Crippen LogP contribution in [0, 0.1) is 0 Å². The standard InChI is InChI=1S/C13H20N6OS/c1-4-5-10(12-14-6-7-18(12)2)16-11(20)8-21-13-17-15-9-19(13)3/h6-7,9-10H,4-5,8H2,1-3H3,(H,16,20)/t10-/m0/s1. The number of hydrogen-bond donors (Lipinski definition) is 1. The highest BCUT2D eigenvalue weighted by Gasteiger charge is 2.18. The molecule has 2 heterocycles. The molecule has 0 aliphatic rings.